The predicted molar refractivity (Wildman–Crippen MR) is 97.6 cm³/mol. The Labute approximate surface area is 144 Å². The summed E-state index contributed by atoms with van der Waals surface area (Å²) in [7, 11) is 0. The van der Waals surface area contributed by atoms with E-state index in [1.807, 2.05) is 30.3 Å². The van der Waals surface area contributed by atoms with Gasteiger partial charge in [0.25, 0.3) is 0 Å². The smallest absolute Gasteiger partial charge is 0.119 e. The highest BCUT2D eigenvalue weighted by Crippen LogP contribution is 2.22. The van der Waals surface area contributed by atoms with Gasteiger partial charge in [-0.15, -0.1) is 0 Å². The van der Waals surface area contributed by atoms with Crippen molar-refractivity contribution in [1.29, 1.82) is 0 Å². The number of hydrogen-bond acceptors (Lipinski definition) is 3. The summed E-state index contributed by atoms with van der Waals surface area (Å²) in [6.07, 6.45) is 4.06. The molecule has 3 nitrogen and oxygen atoms in total. The molecule has 0 bridgehead atoms. The summed E-state index contributed by atoms with van der Waals surface area (Å²) in [5.41, 5.74) is 4.27. The van der Waals surface area contributed by atoms with Crippen molar-refractivity contribution in [3.8, 4) is 5.75 Å². The lowest BCUT2D eigenvalue weighted by Crippen LogP contribution is -2.39. The van der Waals surface area contributed by atoms with Crippen LogP contribution in [0.3, 0.4) is 0 Å². The zero-order chi connectivity index (χ0) is 16.8. The van der Waals surface area contributed by atoms with Crippen molar-refractivity contribution in [3.05, 3.63) is 65.2 Å². The monoisotopic (exact) mass is 325 g/mol. The lowest BCUT2D eigenvalue weighted by molar-refractivity contribution is 0.103. The number of benzene rings is 2. The molecule has 2 aromatic carbocycles. The fourth-order valence-electron chi connectivity index (χ4n) is 3.34. The normalized spacial score (nSPS) is 18.5. The summed E-state index contributed by atoms with van der Waals surface area (Å²) >= 11 is 0. The zero-order valence-electron chi connectivity index (χ0n) is 14.4. The van der Waals surface area contributed by atoms with Crippen LogP contribution in [-0.2, 0) is 12.8 Å². The number of fused-ring (bicyclic) bond motifs is 1. The molecule has 0 radical (unpaired) electrons. The Morgan fingerprint density at radius 2 is 2.00 bits per heavy atom. The standard InChI is InChI=1S/C21H27NO2/c1-16-10-11-17-6-5-7-19(13-18(17)12-16)22-14-20(23)15-24-21-8-3-2-4-9-21/h2-4,8-12,19-20,22-23H,5-7,13-15H2,1H3/t19?,20-/m0/s1. The average Bonchev–Trinajstić information content (AvgIpc) is 2.80. The zero-order valence-corrected chi connectivity index (χ0v) is 14.4. The number of aryl methyl sites for hydroxylation is 2. The molecule has 24 heavy (non-hydrogen) atoms. The molecule has 0 fully saturated rings. The van der Waals surface area contributed by atoms with Crippen LogP contribution >= 0.6 is 0 Å². The first-order chi connectivity index (χ1) is 11.7. The van der Waals surface area contributed by atoms with Crippen LogP contribution in [0, 0.1) is 6.92 Å². The summed E-state index contributed by atoms with van der Waals surface area (Å²) in [6.45, 7) is 3.04. The van der Waals surface area contributed by atoms with E-state index >= 15 is 0 Å². The van der Waals surface area contributed by atoms with Crippen LogP contribution in [0.15, 0.2) is 48.5 Å². The Balaban J connectivity index is 1.47. The van der Waals surface area contributed by atoms with E-state index in [1.165, 1.54) is 23.1 Å². The van der Waals surface area contributed by atoms with Gasteiger partial charge in [0.1, 0.15) is 18.5 Å². The van der Waals surface area contributed by atoms with E-state index in [4.69, 9.17) is 4.74 Å². The molecule has 128 valence electrons. The molecule has 3 heteroatoms. The third kappa shape index (κ3) is 4.83. The largest absolute Gasteiger partial charge is 0.491 e. The van der Waals surface area contributed by atoms with E-state index in [9.17, 15) is 5.11 Å². The Morgan fingerprint density at radius 3 is 2.83 bits per heavy atom. The van der Waals surface area contributed by atoms with Gasteiger partial charge in [-0.2, -0.15) is 0 Å². The minimum atomic E-state index is -0.495. The highest BCUT2D eigenvalue weighted by molar-refractivity contribution is 5.33. The SMILES string of the molecule is Cc1ccc2c(c1)CC(NC[C@H](O)COc1ccccc1)CCC2. The van der Waals surface area contributed by atoms with Gasteiger partial charge in [-0.1, -0.05) is 42.0 Å². The van der Waals surface area contributed by atoms with Crippen molar-refractivity contribution >= 4 is 0 Å². The van der Waals surface area contributed by atoms with Crippen molar-refractivity contribution in [2.75, 3.05) is 13.2 Å². The van der Waals surface area contributed by atoms with E-state index in [-0.39, 0.29) is 0 Å². The maximum absolute atomic E-state index is 10.2. The van der Waals surface area contributed by atoms with Gasteiger partial charge in [0, 0.05) is 12.6 Å². The van der Waals surface area contributed by atoms with Gasteiger partial charge < -0.3 is 15.2 Å². The summed E-state index contributed by atoms with van der Waals surface area (Å²) < 4.78 is 5.61. The molecule has 0 aromatic heterocycles. The molecular formula is C21H27NO2. The third-order valence-electron chi connectivity index (χ3n) is 4.65. The van der Waals surface area contributed by atoms with Crippen LogP contribution in [0.2, 0.25) is 0 Å². The number of aliphatic hydroxyl groups excluding tert-OH is 1. The average molecular weight is 325 g/mol. The molecular weight excluding hydrogens is 298 g/mol. The quantitative estimate of drug-likeness (QED) is 0.801. The van der Waals surface area contributed by atoms with Crippen LogP contribution in [0.25, 0.3) is 0 Å². The first-order valence-corrected chi connectivity index (χ1v) is 8.88. The molecule has 0 saturated heterocycles. The molecule has 1 aliphatic carbocycles. The molecule has 0 aliphatic heterocycles. The molecule has 2 atom stereocenters. The van der Waals surface area contributed by atoms with E-state index in [1.54, 1.807) is 0 Å². The maximum Gasteiger partial charge on any atom is 0.119 e. The number of para-hydroxylation sites is 1. The highest BCUT2D eigenvalue weighted by Gasteiger charge is 2.17. The number of nitrogens with one attached hydrogen (secondary N) is 1. The van der Waals surface area contributed by atoms with Gasteiger partial charge in [-0.3, -0.25) is 0 Å². The first-order valence-electron chi connectivity index (χ1n) is 8.88. The summed E-state index contributed by atoms with van der Waals surface area (Å²) in [4.78, 5) is 0. The minimum absolute atomic E-state index is 0.319. The van der Waals surface area contributed by atoms with Gasteiger partial charge in [0.15, 0.2) is 0 Å². The molecule has 1 aliphatic rings. The molecule has 1 unspecified atom stereocenters. The maximum atomic E-state index is 10.2. The second-order valence-electron chi connectivity index (χ2n) is 6.75. The number of ether oxygens (including phenoxy) is 1. The van der Waals surface area contributed by atoms with Gasteiger partial charge in [-0.25, -0.2) is 0 Å². The Bertz CT molecular complexity index is 642. The summed E-state index contributed by atoms with van der Waals surface area (Å²) in [6, 6.07) is 16.9. The fraction of sp³-hybridized carbons (Fsp3) is 0.429. The van der Waals surface area contributed by atoms with E-state index < -0.39 is 6.10 Å². The highest BCUT2D eigenvalue weighted by atomic mass is 16.5. The predicted octanol–water partition coefficient (Wildman–Crippen LogP) is 3.27. The summed E-state index contributed by atoms with van der Waals surface area (Å²) in [5, 5.41) is 13.7. The molecule has 2 N–H and O–H groups in total. The van der Waals surface area contributed by atoms with Crippen LogP contribution in [0.1, 0.15) is 29.5 Å². The second-order valence-corrected chi connectivity index (χ2v) is 6.75. The van der Waals surface area contributed by atoms with Gasteiger partial charge in [0.2, 0.25) is 0 Å². The fourth-order valence-corrected chi connectivity index (χ4v) is 3.34. The first kappa shape index (κ1) is 17.0. The number of hydrogen-bond donors (Lipinski definition) is 2. The van der Waals surface area contributed by atoms with Crippen molar-refractivity contribution in [3.63, 3.8) is 0 Å². The number of aliphatic hydroxyl groups is 1. The second kappa shape index (κ2) is 8.32. The van der Waals surface area contributed by atoms with E-state index in [0.29, 0.717) is 19.2 Å². The molecule has 0 saturated carbocycles. The van der Waals surface area contributed by atoms with Crippen molar-refractivity contribution < 1.29 is 9.84 Å². The van der Waals surface area contributed by atoms with Gasteiger partial charge in [0.05, 0.1) is 0 Å². The van der Waals surface area contributed by atoms with E-state index in [2.05, 4.69) is 30.4 Å². The Hall–Kier alpha value is -1.84. The summed E-state index contributed by atoms with van der Waals surface area (Å²) in [5.74, 6) is 0.801. The van der Waals surface area contributed by atoms with Crippen molar-refractivity contribution in [2.45, 2.75) is 44.8 Å². The van der Waals surface area contributed by atoms with Crippen LogP contribution < -0.4 is 10.1 Å². The van der Waals surface area contributed by atoms with Crippen molar-refractivity contribution in [2.24, 2.45) is 0 Å². The third-order valence-corrected chi connectivity index (χ3v) is 4.65. The van der Waals surface area contributed by atoms with E-state index in [0.717, 1.165) is 25.0 Å². The molecule has 0 amide bonds. The lowest BCUT2D eigenvalue weighted by Gasteiger charge is -2.20. The molecule has 3 rings (SSSR count). The molecule has 0 heterocycles. The van der Waals surface area contributed by atoms with Gasteiger partial charge >= 0.3 is 0 Å². The van der Waals surface area contributed by atoms with Crippen LogP contribution in [0.4, 0.5) is 0 Å². The minimum Gasteiger partial charge on any atom is -0.491 e. The van der Waals surface area contributed by atoms with Crippen molar-refractivity contribution in [1.82, 2.24) is 5.32 Å². The lowest BCUT2D eigenvalue weighted by atomic mass is 9.99. The Kier molecular flexibility index (Phi) is 5.89. The Morgan fingerprint density at radius 1 is 1.17 bits per heavy atom. The molecule has 0 spiro atoms. The van der Waals surface area contributed by atoms with Gasteiger partial charge in [-0.05, 0) is 55.9 Å². The topological polar surface area (TPSA) is 41.5 Å². The van der Waals surface area contributed by atoms with Crippen LogP contribution in [-0.4, -0.2) is 30.4 Å². The van der Waals surface area contributed by atoms with Crippen LogP contribution in [0.5, 0.6) is 5.75 Å². The number of rotatable bonds is 6. The molecule has 2 aromatic rings.